The van der Waals surface area contributed by atoms with Crippen LogP contribution in [0.15, 0.2) is 47.4 Å². The Kier molecular flexibility index (Phi) is 5.73. The first-order chi connectivity index (χ1) is 9.54. The second kappa shape index (κ2) is 7.32. The highest BCUT2D eigenvalue weighted by molar-refractivity contribution is 7.99. The monoisotopic (exact) mass is 330 g/mol. The van der Waals surface area contributed by atoms with Gasteiger partial charge in [-0.15, -0.1) is 11.8 Å². The van der Waals surface area contributed by atoms with Gasteiger partial charge in [-0.1, -0.05) is 35.3 Å². The molecule has 0 bridgehead atoms. The Morgan fingerprint density at radius 2 is 1.95 bits per heavy atom. The molecule has 0 spiro atoms. The zero-order valence-corrected chi connectivity index (χ0v) is 12.9. The van der Waals surface area contributed by atoms with Gasteiger partial charge in [0.25, 0.3) is 0 Å². The average molecular weight is 331 g/mol. The fraction of sp³-hybridized carbons (Fsp3) is 0.200. The van der Waals surface area contributed by atoms with Gasteiger partial charge in [0.1, 0.15) is 5.82 Å². The molecule has 5 heteroatoms. The van der Waals surface area contributed by atoms with Crippen LogP contribution in [-0.2, 0) is 6.42 Å². The summed E-state index contributed by atoms with van der Waals surface area (Å²) in [7, 11) is 0. The van der Waals surface area contributed by atoms with E-state index >= 15 is 0 Å². The van der Waals surface area contributed by atoms with Crippen LogP contribution in [0.1, 0.15) is 5.56 Å². The molecule has 20 heavy (non-hydrogen) atoms. The largest absolute Gasteiger partial charge is 0.392 e. The Balaban J connectivity index is 1.90. The van der Waals surface area contributed by atoms with Crippen molar-refractivity contribution in [3.8, 4) is 0 Å². The van der Waals surface area contributed by atoms with Gasteiger partial charge in [0, 0.05) is 27.1 Å². The molecule has 2 aromatic rings. The highest BCUT2D eigenvalue weighted by atomic mass is 35.5. The van der Waals surface area contributed by atoms with Crippen molar-refractivity contribution in [1.82, 2.24) is 0 Å². The van der Waals surface area contributed by atoms with Gasteiger partial charge in [-0.05, 0) is 35.9 Å². The van der Waals surface area contributed by atoms with Gasteiger partial charge >= 0.3 is 0 Å². The fourth-order valence-electron chi connectivity index (χ4n) is 1.75. The maximum Gasteiger partial charge on any atom is 0.124 e. The van der Waals surface area contributed by atoms with Crippen molar-refractivity contribution in [2.45, 2.75) is 17.4 Å². The van der Waals surface area contributed by atoms with Gasteiger partial charge in [0.2, 0.25) is 0 Å². The zero-order valence-electron chi connectivity index (χ0n) is 10.5. The number of benzene rings is 2. The van der Waals surface area contributed by atoms with Crippen LogP contribution in [0.25, 0.3) is 0 Å². The van der Waals surface area contributed by atoms with Gasteiger partial charge in [-0.2, -0.15) is 0 Å². The topological polar surface area (TPSA) is 20.2 Å². The molecule has 1 unspecified atom stereocenters. The second-order valence-corrected chi connectivity index (χ2v) is 6.30. The Bertz CT molecular complexity index is 592. The molecule has 2 aromatic carbocycles. The number of rotatable bonds is 5. The van der Waals surface area contributed by atoms with Crippen molar-refractivity contribution < 1.29 is 9.50 Å². The van der Waals surface area contributed by atoms with E-state index < -0.39 is 6.10 Å². The van der Waals surface area contributed by atoms with Crippen molar-refractivity contribution in [3.63, 3.8) is 0 Å². The van der Waals surface area contributed by atoms with Crippen LogP contribution < -0.4 is 0 Å². The fourth-order valence-corrected chi connectivity index (χ4v) is 3.14. The van der Waals surface area contributed by atoms with Crippen LogP contribution in [0.2, 0.25) is 10.0 Å². The lowest BCUT2D eigenvalue weighted by Gasteiger charge is -2.11. The first-order valence-electron chi connectivity index (χ1n) is 6.05. The summed E-state index contributed by atoms with van der Waals surface area (Å²) >= 11 is 13.4. The molecule has 0 aliphatic carbocycles. The van der Waals surface area contributed by atoms with Crippen LogP contribution in [-0.4, -0.2) is 17.0 Å². The van der Waals surface area contributed by atoms with Crippen LogP contribution >= 0.6 is 35.0 Å². The minimum absolute atomic E-state index is 0.344. The SMILES string of the molecule is OC(CSc1cccc(Cl)c1)Cc1ccc(F)cc1Cl. The van der Waals surface area contributed by atoms with E-state index in [9.17, 15) is 9.50 Å². The summed E-state index contributed by atoms with van der Waals surface area (Å²) in [4.78, 5) is 1.00. The smallest absolute Gasteiger partial charge is 0.124 e. The number of thioether (sulfide) groups is 1. The normalized spacial score (nSPS) is 12.4. The molecule has 2 rings (SSSR count). The van der Waals surface area contributed by atoms with Crippen LogP contribution in [0.4, 0.5) is 4.39 Å². The van der Waals surface area contributed by atoms with Gasteiger partial charge in [0.05, 0.1) is 6.10 Å². The Labute approximate surface area is 131 Å². The molecule has 0 amide bonds. The predicted molar refractivity (Wildman–Crippen MR) is 83.3 cm³/mol. The van der Waals surface area contributed by atoms with Gasteiger partial charge in [0.15, 0.2) is 0 Å². The summed E-state index contributed by atoms with van der Waals surface area (Å²) in [5, 5.41) is 11.0. The minimum Gasteiger partial charge on any atom is -0.392 e. The molecule has 0 fully saturated rings. The van der Waals surface area contributed by atoms with Gasteiger partial charge in [-0.3, -0.25) is 0 Å². The Morgan fingerprint density at radius 1 is 1.15 bits per heavy atom. The maximum absolute atomic E-state index is 12.9. The van der Waals surface area contributed by atoms with Crippen molar-refractivity contribution in [2.75, 3.05) is 5.75 Å². The summed E-state index contributed by atoms with van der Waals surface area (Å²) in [6.45, 7) is 0. The van der Waals surface area contributed by atoms with E-state index in [1.165, 1.54) is 23.9 Å². The van der Waals surface area contributed by atoms with Crippen LogP contribution in [0.5, 0.6) is 0 Å². The minimum atomic E-state index is -0.554. The van der Waals surface area contributed by atoms with E-state index in [-0.39, 0.29) is 5.82 Å². The Morgan fingerprint density at radius 3 is 2.65 bits per heavy atom. The van der Waals surface area contributed by atoms with Crippen LogP contribution in [0, 0.1) is 5.82 Å². The highest BCUT2D eigenvalue weighted by Gasteiger charge is 2.10. The Hall–Kier alpha value is -0.740. The summed E-state index contributed by atoms with van der Waals surface area (Å²) in [6, 6.07) is 11.7. The number of halogens is 3. The summed E-state index contributed by atoms with van der Waals surface area (Å²) < 4.78 is 12.9. The molecular formula is C15H13Cl2FOS. The number of aliphatic hydroxyl groups excluding tert-OH is 1. The van der Waals surface area contributed by atoms with E-state index in [0.29, 0.717) is 22.2 Å². The molecule has 0 saturated carbocycles. The molecule has 1 atom stereocenters. The quantitative estimate of drug-likeness (QED) is 0.792. The first-order valence-corrected chi connectivity index (χ1v) is 7.79. The third-order valence-corrected chi connectivity index (χ3v) is 4.43. The van der Waals surface area contributed by atoms with E-state index in [4.69, 9.17) is 23.2 Å². The maximum atomic E-state index is 12.9. The number of hydrogen-bond acceptors (Lipinski definition) is 2. The van der Waals surface area contributed by atoms with Crippen molar-refractivity contribution in [1.29, 1.82) is 0 Å². The third-order valence-electron chi connectivity index (χ3n) is 2.71. The van der Waals surface area contributed by atoms with Gasteiger partial charge in [-0.25, -0.2) is 4.39 Å². The van der Waals surface area contributed by atoms with E-state index in [0.717, 1.165) is 10.5 Å². The molecule has 1 N–H and O–H groups in total. The molecule has 0 aromatic heterocycles. The van der Waals surface area contributed by atoms with Crippen molar-refractivity contribution >= 4 is 35.0 Å². The predicted octanol–water partition coefficient (Wildman–Crippen LogP) is 4.83. The molecule has 0 aliphatic heterocycles. The summed E-state index contributed by atoms with van der Waals surface area (Å²) in [6.07, 6.45) is -0.158. The average Bonchev–Trinajstić information content (AvgIpc) is 2.40. The third kappa shape index (κ3) is 4.67. The van der Waals surface area contributed by atoms with E-state index in [1.54, 1.807) is 12.1 Å². The first kappa shape index (κ1) is 15.6. The number of aliphatic hydroxyl groups is 1. The lowest BCUT2D eigenvalue weighted by atomic mass is 10.1. The molecule has 106 valence electrons. The molecule has 0 aliphatic rings. The zero-order chi connectivity index (χ0) is 14.5. The van der Waals surface area contributed by atoms with E-state index in [2.05, 4.69) is 0 Å². The lowest BCUT2D eigenvalue weighted by molar-refractivity contribution is 0.200. The summed E-state index contributed by atoms with van der Waals surface area (Å²) in [5.74, 6) is 0.148. The molecule has 0 radical (unpaired) electrons. The van der Waals surface area contributed by atoms with Crippen LogP contribution in [0.3, 0.4) is 0 Å². The molecule has 0 heterocycles. The van der Waals surface area contributed by atoms with E-state index in [1.807, 2.05) is 18.2 Å². The highest BCUT2D eigenvalue weighted by Crippen LogP contribution is 2.24. The molecular weight excluding hydrogens is 318 g/mol. The van der Waals surface area contributed by atoms with Crippen molar-refractivity contribution in [3.05, 3.63) is 63.9 Å². The molecule has 1 nitrogen and oxygen atoms in total. The molecule has 0 saturated heterocycles. The standard InChI is InChI=1S/C15H13Cl2FOS/c16-11-2-1-3-14(7-11)20-9-13(19)6-10-4-5-12(18)8-15(10)17/h1-5,7-8,13,19H,6,9H2. The van der Waals surface area contributed by atoms with Gasteiger partial charge < -0.3 is 5.11 Å². The lowest BCUT2D eigenvalue weighted by Crippen LogP contribution is -2.13. The second-order valence-electron chi connectivity index (χ2n) is 4.36. The number of hydrogen-bond donors (Lipinski definition) is 1. The van der Waals surface area contributed by atoms with Crippen molar-refractivity contribution in [2.24, 2.45) is 0 Å². The summed E-state index contributed by atoms with van der Waals surface area (Å²) in [5.41, 5.74) is 0.743.